The van der Waals surface area contributed by atoms with Crippen LogP contribution in [0, 0.1) is 6.92 Å². The summed E-state index contributed by atoms with van der Waals surface area (Å²) in [7, 11) is 1.88. The van der Waals surface area contributed by atoms with Gasteiger partial charge in [-0.15, -0.1) is 11.8 Å². The molecule has 0 saturated carbocycles. The maximum Gasteiger partial charge on any atom is 0.162 e. The molecule has 0 saturated heterocycles. The second-order valence-electron chi connectivity index (χ2n) is 4.28. The van der Waals surface area contributed by atoms with E-state index in [1.165, 1.54) is 5.56 Å². The molecule has 0 aliphatic carbocycles. The normalized spacial score (nSPS) is 11.1. The summed E-state index contributed by atoms with van der Waals surface area (Å²) in [5.41, 5.74) is 3.08. The van der Waals surface area contributed by atoms with Crippen LogP contribution in [-0.4, -0.2) is 24.7 Å². The third kappa shape index (κ3) is 2.44. The SMILES string of the molecule is Cc1ccc(CSc2ncnc3c2cnn3C)cn1. The molecular formula is C13H13N5S. The molecule has 6 heteroatoms. The van der Waals surface area contributed by atoms with Gasteiger partial charge in [-0.25, -0.2) is 9.97 Å². The van der Waals surface area contributed by atoms with Crippen LogP contribution in [0.25, 0.3) is 11.0 Å². The van der Waals surface area contributed by atoms with E-state index in [0.717, 1.165) is 27.5 Å². The van der Waals surface area contributed by atoms with Crippen LogP contribution in [0.2, 0.25) is 0 Å². The summed E-state index contributed by atoms with van der Waals surface area (Å²) in [4.78, 5) is 12.9. The lowest BCUT2D eigenvalue weighted by atomic mass is 10.3. The van der Waals surface area contributed by atoms with Gasteiger partial charge < -0.3 is 0 Å². The summed E-state index contributed by atoms with van der Waals surface area (Å²) in [6, 6.07) is 4.12. The molecule has 96 valence electrons. The van der Waals surface area contributed by atoms with Gasteiger partial charge in [-0.1, -0.05) is 6.07 Å². The van der Waals surface area contributed by atoms with Crippen LogP contribution >= 0.6 is 11.8 Å². The lowest BCUT2D eigenvalue weighted by Gasteiger charge is -2.02. The van der Waals surface area contributed by atoms with E-state index in [9.17, 15) is 0 Å². The van der Waals surface area contributed by atoms with E-state index in [0.29, 0.717) is 0 Å². The van der Waals surface area contributed by atoms with Gasteiger partial charge in [0, 0.05) is 24.7 Å². The Morgan fingerprint density at radius 3 is 2.84 bits per heavy atom. The lowest BCUT2D eigenvalue weighted by molar-refractivity contribution is 0.784. The molecule has 0 aliphatic heterocycles. The van der Waals surface area contributed by atoms with Gasteiger partial charge in [-0.05, 0) is 18.6 Å². The molecule has 0 N–H and O–H groups in total. The fraction of sp³-hybridized carbons (Fsp3) is 0.231. The fourth-order valence-corrected chi connectivity index (χ4v) is 2.69. The molecule has 3 aromatic rings. The number of pyridine rings is 1. The molecule has 0 atom stereocenters. The number of hydrogen-bond acceptors (Lipinski definition) is 5. The van der Waals surface area contributed by atoms with Gasteiger partial charge in [0.1, 0.15) is 11.4 Å². The third-order valence-corrected chi connectivity index (χ3v) is 3.92. The number of rotatable bonds is 3. The molecule has 0 aliphatic rings. The molecule has 0 fully saturated rings. The molecule has 0 radical (unpaired) electrons. The summed E-state index contributed by atoms with van der Waals surface area (Å²) >= 11 is 1.68. The minimum atomic E-state index is 0.842. The van der Waals surface area contributed by atoms with E-state index >= 15 is 0 Å². The molecule has 0 unspecified atom stereocenters. The van der Waals surface area contributed by atoms with Crippen LogP contribution in [0.1, 0.15) is 11.3 Å². The standard InChI is InChI=1S/C13H13N5S/c1-9-3-4-10(5-14-9)7-19-13-11-6-17-18(2)12(11)15-8-16-13/h3-6,8H,7H2,1-2H3. The van der Waals surface area contributed by atoms with Gasteiger partial charge in [-0.2, -0.15) is 5.10 Å². The molecule has 3 rings (SSSR count). The second kappa shape index (κ2) is 4.97. The fourth-order valence-electron chi connectivity index (χ4n) is 1.79. The van der Waals surface area contributed by atoms with Gasteiger partial charge in [0.25, 0.3) is 0 Å². The molecule has 19 heavy (non-hydrogen) atoms. The van der Waals surface area contributed by atoms with Crippen molar-refractivity contribution in [3.8, 4) is 0 Å². The number of nitrogens with zero attached hydrogens (tertiary/aromatic N) is 5. The van der Waals surface area contributed by atoms with Gasteiger partial charge in [0.05, 0.1) is 11.6 Å². The zero-order chi connectivity index (χ0) is 13.2. The topological polar surface area (TPSA) is 56.5 Å². The van der Waals surface area contributed by atoms with Gasteiger partial charge in [-0.3, -0.25) is 9.67 Å². The van der Waals surface area contributed by atoms with E-state index in [4.69, 9.17) is 0 Å². The molecular weight excluding hydrogens is 258 g/mol. The van der Waals surface area contributed by atoms with Crippen LogP contribution in [-0.2, 0) is 12.8 Å². The first-order valence-corrected chi connectivity index (χ1v) is 6.89. The third-order valence-electron chi connectivity index (χ3n) is 2.84. The smallest absolute Gasteiger partial charge is 0.162 e. The monoisotopic (exact) mass is 271 g/mol. The van der Waals surface area contributed by atoms with Crippen LogP contribution in [0.3, 0.4) is 0 Å². The maximum absolute atomic E-state index is 4.33. The van der Waals surface area contributed by atoms with Crippen molar-refractivity contribution in [3.05, 3.63) is 42.1 Å². The molecule has 3 aromatic heterocycles. The minimum Gasteiger partial charge on any atom is -0.261 e. The first kappa shape index (κ1) is 12.1. The van der Waals surface area contributed by atoms with Crippen molar-refractivity contribution in [2.24, 2.45) is 7.05 Å². The van der Waals surface area contributed by atoms with Gasteiger partial charge in [0.2, 0.25) is 0 Å². The number of fused-ring (bicyclic) bond motifs is 1. The van der Waals surface area contributed by atoms with Gasteiger partial charge in [0.15, 0.2) is 5.65 Å². The first-order valence-electron chi connectivity index (χ1n) is 5.91. The van der Waals surface area contributed by atoms with Crippen molar-refractivity contribution < 1.29 is 0 Å². The van der Waals surface area contributed by atoms with E-state index < -0.39 is 0 Å². The van der Waals surface area contributed by atoms with Crippen LogP contribution in [0.5, 0.6) is 0 Å². The van der Waals surface area contributed by atoms with Crippen molar-refractivity contribution >= 4 is 22.8 Å². The Bertz CT molecular complexity index is 705. The van der Waals surface area contributed by atoms with Gasteiger partial charge >= 0.3 is 0 Å². The van der Waals surface area contributed by atoms with Crippen LogP contribution < -0.4 is 0 Å². The second-order valence-corrected chi connectivity index (χ2v) is 5.24. The number of aryl methyl sites for hydroxylation is 2. The average molecular weight is 271 g/mol. The lowest BCUT2D eigenvalue weighted by Crippen LogP contribution is -1.93. The molecule has 0 aromatic carbocycles. The highest BCUT2D eigenvalue weighted by atomic mass is 32.2. The molecule has 5 nitrogen and oxygen atoms in total. The molecule has 0 amide bonds. The van der Waals surface area contributed by atoms with Crippen LogP contribution in [0.15, 0.2) is 35.9 Å². The Labute approximate surface area is 115 Å². The van der Waals surface area contributed by atoms with Crippen molar-refractivity contribution in [1.29, 1.82) is 0 Å². The Balaban J connectivity index is 1.83. The zero-order valence-corrected chi connectivity index (χ0v) is 11.6. The summed E-state index contributed by atoms with van der Waals surface area (Å²) in [5.74, 6) is 0.842. The molecule has 3 heterocycles. The largest absolute Gasteiger partial charge is 0.261 e. The highest BCUT2D eigenvalue weighted by Gasteiger charge is 2.08. The van der Waals surface area contributed by atoms with E-state index in [2.05, 4.69) is 26.1 Å². The Morgan fingerprint density at radius 1 is 1.16 bits per heavy atom. The van der Waals surface area contributed by atoms with E-state index in [1.54, 1.807) is 22.8 Å². The van der Waals surface area contributed by atoms with Crippen LogP contribution in [0.4, 0.5) is 0 Å². The highest BCUT2D eigenvalue weighted by molar-refractivity contribution is 7.98. The van der Waals surface area contributed by atoms with Crippen molar-refractivity contribution in [2.45, 2.75) is 17.7 Å². The minimum absolute atomic E-state index is 0.842. The quantitative estimate of drug-likeness (QED) is 0.540. The summed E-state index contributed by atoms with van der Waals surface area (Å²) < 4.78 is 1.76. The zero-order valence-electron chi connectivity index (χ0n) is 10.7. The Kier molecular flexibility index (Phi) is 3.16. The van der Waals surface area contributed by atoms with Crippen molar-refractivity contribution in [2.75, 3.05) is 0 Å². The van der Waals surface area contributed by atoms with Crippen molar-refractivity contribution in [1.82, 2.24) is 24.7 Å². The predicted molar refractivity (Wildman–Crippen MR) is 74.8 cm³/mol. The highest BCUT2D eigenvalue weighted by Crippen LogP contribution is 2.26. The number of hydrogen-bond donors (Lipinski definition) is 0. The van der Waals surface area contributed by atoms with Crippen molar-refractivity contribution in [3.63, 3.8) is 0 Å². The molecule has 0 bridgehead atoms. The first-order chi connectivity index (χ1) is 9.24. The predicted octanol–water partition coefficient (Wildman–Crippen LogP) is 2.36. The Morgan fingerprint density at radius 2 is 2.05 bits per heavy atom. The number of aromatic nitrogens is 5. The number of thioether (sulfide) groups is 1. The van der Waals surface area contributed by atoms with E-state index in [1.807, 2.05) is 32.4 Å². The summed E-state index contributed by atoms with van der Waals surface area (Å²) in [5, 5.41) is 6.16. The molecule has 0 spiro atoms. The summed E-state index contributed by atoms with van der Waals surface area (Å²) in [6.07, 6.45) is 5.30. The average Bonchev–Trinajstić information content (AvgIpc) is 2.81. The summed E-state index contributed by atoms with van der Waals surface area (Å²) in [6.45, 7) is 1.99. The Hall–Kier alpha value is -1.95. The van der Waals surface area contributed by atoms with E-state index in [-0.39, 0.29) is 0 Å². The maximum atomic E-state index is 4.33.